The number of nitrogens with one attached hydrogen (secondary N) is 1. The van der Waals surface area contributed by atoms with Gasteiger partial charge in [-0.2, -0.15) is 0 Å². The fourth-order valence-electron chi connectivity index (χ4n) is 2.03. The minimum absolute atomic E-state index is 0.0202. The summed E-state index contributed by atoms with van der Waals surface area (Å²) in [7, 11) is 0. The van der Waals surface area contributed by atoms with Crippen molar-refractivity contribution in [2.24, 2.45) is 0 Å². The van der Waals surface area contributed by atoms with Crippen LogP contribution in [-0.4, -0.2) is 53.0 Å². The van der Waals surface area contributed by atoms with Crippen molar-refractivity contribution in [3.63, 3.8) is 0 Å². The van der Waals surface area contributed by atoms with Gasteiger partial charge >= 0.3 is 0 Å². The van der Waals surface area contributed by atoms with E-state index in [0.29, 0.717) is 0 Å². The van der Waals surface area contributed by atoms with Gasteiger partial charge in [-0.05, 0) is 13.0 Å². The number of unbranched alkanes of at least 4 members (excludes halogenated alkanes) is 6. The third-order valence-corrected chi connectivity index (χ3v) is 3.35. The van der Waals surface area contributed by atoms with Crippen molar-refractivity contribution in [1.29, 1.82) is 0 Å². The van der Waals surface area contributed by atoms with Crippen LogP contribution in [0.25, 0.3) is 0 Å². The van der Waals surface area contributed by atoms with E-state index in [4.69, 9.17) is 5.11 Å². The average molecular weight is 289 g/mol. The highest BCUT2D eigenvalue weighted by molar-refractivity contribution is 5.87. The Bertz CT molecular complexity index is 236. The summed E-state index contributed by atoms with van der Waals surface area (Å²) in [6.07, 6.45) is 6.10. The SMILES string of the molecule is CCCCCCCCCNC[C@H](O)C(=O)[C@H](O)CCO. The highest BCUT2D eigenvalue weighted by atomic mass is 16.3. The number of ketones is 1. The Hall–Kier alpha value is -0.490. The molecule has 0 heterocycles. The molecule has 0 bridgehead atoms. The molecule has 120 valence electrons. The van der Waals surface area contributed by atoms with Crippen LogP contribution in [0.5, 0.6) is 0 Å². The second-order valence-corrected chi connectivity index (χ2v) is 5.27. The summed E-state index contributed by atoms with van der Waals surface area (Å²) in [6.45, 7) is 2.88. The number of Topliss-reactive ketones (excluding diaryl/α,β-unsaturated/α-hetero) is 1. The number of hydrogen-bond acceptors (Lipinski definition) is 5. The third-order valence-electron chi connectivity index (χ3n) is 3.35. The van der Waals surface area contributed by atoms with Gasteiger partial charge < -0.3 is 20.6 Å². The molecular weight excluding hydrogens is 258 g/mol. The van der Waals surface area contributed by atoms with Crippen molar-refractivity contribution in [3.05, 3.63) is 0 Å². The molecule has 0 saturated heterocycles. The van der Waals surface area contributed by atoms with Crippen LogP contribution in [0, 0.1) is 0 Å². The summed E-state index contributed by atoms with van der Waals surface area (Å²) < 4.78 is 0. The maximum atomic E-state index is 11.4. The van der Waals surface area contributed by atoms with E-state index in [1.54, 1.807) is 0 Å². The van der Waals surface area contributed by atoms with E-state index in [1.807, 2.05) is 0 Å². The Morgan fingerprint density at radius 2 is 1.60 bits per heavy atom. The van der Waals surface area contributed by atoms with Gasteiger partial charge in [-0.15, -0.1) is 0 Å². The first-order valence-electron chi connectivity index (χ1n) is 7.84. The van der Waals surface area contributed by atoms with Crippen LogP contribution in [0.4, 0.5) is 0 Å². The van der Waals surface area contributed by atoms with Crippen molar-refractivity contribution in [2.45, 2.75) is 70.5 Å². The lowest BCUT2D eigenvalue weighted by Gasteiger charge is -2.14. The van der Waals surface area contributed by atoms with Gasteiger partial charge in [0.25, 0.3) is 0 Å². The number of hydrogen-bond donors (Lipinski definition) is 4. The first-order chi connectivity index (χ1) is 9.63. The molecule has 5 nitrogen and oxygen atoms in total. The topological polar surface area (TPSA) is 89.8 Å². The number of aliphatic hydroxyl groups excluding tert-OH is 3. The summed E-state index contributed by atoms with van der Waals surface area (Å²) in [5.74, 6) is -0.619. The minimum atomic E-state index is -1.27. The summed E-state index contributed by atoms with van der Waals surface area (Å²) in [5.41, 5.74) is 0. The van der Waals surface area contributed by atoms with Crippen molar-refractivity contribution in [3.8, 4) is 0 Å². The zero-order valence-corrected chi connectivity index (χ0v) is 12.7. The van der Waals surface area contributed by atoms with E-state index in [2.05, 4.69) is 12.2 Å². The van der Waals surface area contributed by atoms with Gasteiger partial charge in [-0.3, -0.25) is 4.79 Å². The van der Waals surface area contributed by atoms with Crippen LogP contribution in [0.1, 0.15) is 58.3 Å². The van der Waals surface area contributed by atoms with Crippen molar-refractivity contribution < 1.29 is 20.1 Å². The molecule has 5 heteroatoms. The van der Waals surface area contributed by atoms with Gasteiger partial charge in [0.1, 0.15) is 12.2 Å². The fourth-order valence-corrected chi connectivity index (χ4v) is 2.03. The largest absolute Gasteiger partial charge is 0.396 e. The lowest BCUT2D eigenvalue weighted by Crippen LogP contribution is -2.40. The zero-order chi connectivity index (χ0) is 15.2. The van der Waals surface area contributed by atoms with Gasteiger partial charge in [0.05, 0.1) is 0 Å². The molecule has 0 unspecified atom stereocenters. The summed E-state index contributed by atoms with van der Waals surface area (Å²) in [5, 5.41) is 30.5. The molecule has 2 atom stereocenters. The first kappa shape index (κ1) is 19.5. The van der Waals surface area contributed by atoms with E-state index in [0.717, 1.165) is 19.4 Å². The smallest absolute Gasteiger partial charge is 0.190 e. The molecule has 0 aliphatic rings. The highest BCUT2D eigenvalue weighted by Crippen LogP contribution is 2.06. The molecule has 0 fully saturated rings. The Morgan fingerprint density at radius 3 is 2.20 bits per heavy atom. The Balaban J connectivity index is 3.43. The van der Waals surface area contributed by atoms with Crippen LogP contribution < -0.4 is 5.32 Å². The van der Waals surface area contributed by atoms with Gasteiger partial charge in [0.2, 0.25) is 0 Å². The number of carbonyl (C=O) groups is 1. The molecule has 0 aliphatic carbocycles. The van der Waals surface area contributed by atoms with Crippen LogP contribution in [0.15, 0.2) is 0 Å². The van der Waals surface area contributed by atoms with Gasteiger partial charge in [-0.25, -0.2) is 0 Å². The monoisotopic (exact) mass is 289 g/mol. The van der Waals surface area contributed by atoms with E-state index in [-0.39, 0.29) is 19.6 Å². The molecule has 0 rings (SSSR count). The van der Waals surface area contributed by atoms with Crippen LogP contribution in [-0.2, 0) is 4.79 Å². The second kappa shape index (κ2) is 13.5. The Labute approximate surface area is 122 Å². The number of carbonyl (C=O) groups excluding carboxylic acids is 1. The van der Waals surface area contributed by atoms with E-state index in [9.17, 15) is 15.0 Å². The minimum Gasteiger partial charge on any atom is -0.396 e. The van der Waals surface area contributed by atoms with Crippen molar-refractivity contribution in [2.75, 3.05) is 19.7 Å². The summed E-state index contributed by atoms with van der Waals surface area (Å²) >= 11 is 0. The van der Waals surface area contributed by atoms with Crippen molar-refractivity contribution >= 4 is 5.78 Å². The quantitative estimate of drug-likeness (QED) is 0.358. The van der Waals surface area contributed by atoms with Gasteiger partial charge in [0.15, 0.2) is 5.78 Å². The average Bonchev–Trinajstić information content (AvgIpc) is 2.44. The van der Waals surface area contributed by atoms with Gasteiger partial charge in [-0.1, -0.05) is 45.4 Å². The van der Waals surface area contributed by atoms with E-state index in [1.165, 1.54) is 32.1 Å². The Morgan fingerprint density at radius 1 is 1.00 bits per heavy atom. The van der Waals surface area contributed by atoms with E-state index < -0.39 is 18.0 Å². The van der Waals surface area contributed by atoms with Crippen molar-refractivity contribution in [1.82, 2.24) is 5.32 Å². The highest BCUT2D eigenvalue weighted by Gasteiger charge is 2.22. The molecule has 0 radical (unpaired) electrons. The molecule has 4 N–H and O–H groups in total. The number of rotatable bonds is 14. The van der Waals surface area contributed by atoms with Crippen LogP contribution in [0.3, 0.4) is 0 Å². The Kier molecular flexibility index (Phi) is 13.2. The first-order valence-corrected chi connectivity index (χ1v) is 7.84. The summed E-state index contributed by atoms with van der Waals surface area (Å²) in [6, 6.07) is 0. The predicted octanol–water partition coefficient (Wildman–Crippen LogP) is 1.000. The molecular formula is C15H31NO4. The zero-order valence-electron chi connectivity index (χ0n) is 12.7. The van der Waals surface area contributed by atoms with Gasteiger partial charge in [0, 0.05) is 19.6 Å². The molecule has 0 spiro atoms. The molecule has 0 aromatic rings. The second-order valence-electron chi connectivity index (χ2n) is 5.27. The molecule has 0 aliphatic heterocycles. The fraction of sp³-hybridized carbons (Fsp3) is 0.933. The maximum Gasteiger partial charge on any atom is 0.190 e. The standard InChI is InChI=1S/C15H31NO4/c1-2-3-4-5-6-7-8-10-16-12-14(19)15(20)13(18)9-11-17/h13-14,16-19H,2-12H2,1H3/t13-,14+/m1/s1. The molecule has 0 aromatic heterocycles. The molecule has 0 saturated carbocycles. The number of aliphatic hydroxyl groups is 3. The molecule has 20 heavy (non-hydrogen) atoms. The molecule has 0 aromatic carbocycles. The summed E-state index contributed by atoms with van der Waals surface area (Å²) in [4.78, 5) is 11.4. The predicted molar refractivity (Wildman–Crippen MR) is 79.6 cm³/mol. The molecule has 0 amide bonds. The van der Waals surface area contributed by atoms with Crippen LogP contribution in [0.2, 0.25) is 0 Å². The third kappa shape index (κ3) is 10.3. The lowest BCUT2D eigenvalue weighted by molar-refractivity contribution is -0.136. The normalized spacial score (nSPS) is 14.2. The maximum absolute atomic E-state index is 11.4. The van der Waals surface area contributed by atoms with Crippen LogP contribution >= 0.6 is 0 Å². The van der Waals surface area contributed by atoms with E-state index >= 15 is 0 Å². The lowest BCUT2D eigenvalue weighted by atomic mass is 10.1.